The van der Waals surface area contributed by atoms with Gasteiger partial charge in [-0.15, -0.1) is 0 Å². The van der Waals surface area contributed by atoms with E-state index >= 15 is 0 Å². The van der Waals surface area contributed by atoms with Crippen molar-refractivity contribution < 1.29 is 4.79 Å². The van der Waals surface area contributed by atoms with Gasteiger partial charge in [0.2, 0.25) is 0 Å². The summed E-state index contributed by atoms with van der Waals surface area (Å²) in [7, 11) is 2.02. The average Bonchev–Trinajstić information content (AvgIpc) is 3.11. The van der Waals surface area contributed by atoms with Gasteiger partial charge in [0, 0.05) is 50.0 Å². The number of imidazole rings is 1. The quantitative estimate of drug-likeness (QED) is 0.865. The van der Waals surface area contributed by atoms with E-state index in [-0.39, 0.29) is 5.91 Å². The molecule has 1 amide bonds. The third kappa shape index (κ3) is 3.12. The van der Waals surface area contributed by atoms with E-state index in [0.717, 1.165) is 55.1 Å². The van der Waals surface area contributed by atoms with E-state index in [1.165, 1.54) is 6.42 Å². The molecule has 0 spiro atoms. The standard InChI is InChI=1S/C19H28N4O/c1-14-13-18(15(2)21(14)4)19(24)23-10-6-5-7-17(23)8-11-22-12-9-20-16(22)3/h9,12-13,17H,5-8,10-11H2,1-4H3/t17-/m0/s1. The molecule has 0 unspecified atom stereocenters. The lowest BCUT2D eigenvalue weighted by Crippen LogP contribution is -2.44. The largest absolute Gasteiger partial charge is 0.351 e. The minimum atomic E-state index is 0.197. The molecule has 0 N–H and O–H groups in total. The molecule has 1 aliphatic heterocycles. The SMILES string of the molecule is Cc1nccn1CC[C@@H]1CCCCN1C(=O)c1cc(C)n(C)c1C. The molecule has 0 saturated carbocycles. The zero-order chi connectivity index (χ0) is 17.3. The topological polar surface area (TPSA) is 43.1 Å². The molecule has 3 heterocycles. The van der Waals surface area contributed by atoms with Crippen LogP contribution in [0.2, 0.25) is 0 Å². The van der Waals surface area contributed by atoms with Crippen LogP contribution in [0.4, 0.5) is 0 Å². The van der Waals surface area contributed by atoms with Gasteiger partial charge in [0.1, 0.15) is 5.82 Å². The fourth-order valence-electron chi connectivity index (χ4n) is 3.72. The van der Waals surface area contributed by atoms with Crippen LogP contribution in [-0.4, -0.2) is 37.5 Å². The van der Waals surface area contributed by atoms with Crippen molar-refractivity contribution in [3.05, 3.63) is 41.2 Å². The first-order valence-electron chi connectivity index (χ1n) is 8.90. The van der Waals surface area contributed by atoms with E-state index in [0.29, 0.717) is 6.04 Å². The molecule has 0 aliphatic carbocycles. The molecule has 130 valence electrons. The summed E-state index contributed by atoms with van der Waals surface area (Å²) in [6.45, 7) is 7.92. The van der Waals surface area contributed by atoms with Gasteiger partial charge >= 0.3 is 0 Å². The summed E-state index contributed by atoms with van der Waals surface area (Å²) < 4.78 is 4.27. The van der Waals surface area contributed by atoms with Crippen molar-refractivity contribution in [2.45, 2.75) is 59.0 Å². The number of likely N-dealkylation sites (tertiary alicyclic amines) is 1. The number of rotatable bonds is 4. The van der Waals surface area contributed by atoms with Crippen molar-refractivity contribution in [3.63, 3.8) is 0 Å². The molecule has 1 saturated heterocycles. The number of carbonyl (C=O) groups is 1. The van der Waals surface area contributed by atoms with Crippen molar-refractivity contribution in [2.24, 2.45) is 7.05 Å². The monoisotopic (exact) mass is 328 g/mol. The molecule has 1 atom stereocenters. The number of piperidine rings is 1. The minimum absolute atomic E-state index is 0.197. The Morgan fingerprint density at radius 3 is 2.71 bits per heavy atom. The zero-order valence-electron chi connectivity index (χ0n) is 15.2. The molecule has 1 fully saturated rings. The molecule has 0 radical (unpaired) electrons. The van der Waals surface area contributed by atoms with E-state index in [4.69, 9.17) is 0 Å². The Labute approximate surface area is 144 Å². The van der Waals surface area contributed by atoms with E-state index in [2.05, 4.69) is 25.9 Å². The predicted molar refractivity (Wildman–Crippen MR) is 95.1 cm³/mol. The van der Waals surface area contributed by atoms with Crippen LogP contribution in [0.15, 0.2) is 18.5 Å². The van der Waals surface area contributed by atoms with Gasteiger partial charge in [0.25, 0.3) is 5.91 Å². The Kier molecular flexibility index (Phi) is 4.78. The molecule has 5 heteroatoms. The Balaban J connectivity index is 1.75. The number of hydrogen-bond donors (Lipinski definition) is 0. The van der Waals surface area contributed by atoms with Gasteiger partial charge in [-0.1, -0.05) is 0 Å². The minimum Gasteiger partial charge on any atom is -0.351 e. The van der Waals surface area contributed by atoms with Gasteiger partial charge in [0.05, 0.1) is 5.56 Å². The third-order valence-electron chi connectivity index (χ3n) is 5.52. The number of amides is 1. The lowest BCUT2D eigenvalue weighted by Gasteiger charge is -2.36. The van der Waals surface area contributed by atoms with Crippen LogP contribution < -0.4 is 0 Å². The molecule has 3 rings (SSSR count). The summed E-state index contributed by atoms with van der Waals surface area (Å²) in [6, 6.07) is 2.36. The van der Waals surface area contributed by atoms with E-state index in [9.17, 15) is 4.79 Å². The van der Waals surface area contributed by atoms with Gasteiger partial charge < -0.3 is 14.0 Å². The molecular weight excluding hydrogens is 300 g/mol. The highest BCUT2D eigenvalue weighted by molar-refractivity contribution is 5.96. The van der Waals surface area contributed by atoms with Crippen molar-refractivity contribution in [1.29, 1.82) is 0 Å². The summed E-state index contributed by atoms with van der Waals surface area (Å²) in [4.78, 5) is 19.5. The third-order valence-corrected chi connectivity index (χ3v) is 5.52. The Bertz CT molecular complexity index is 728. The highest BCUT2D eigenvalue weighted by Gasteiger charge is 2.29. The van der Waals surface area contributed by atoms with E-state index in [1.807, 2.05) is 39.4 Å². The first-order valence-corrected chi connectivity index (χ1v) is 8.90. The maximum absolute atomic E-state index is 13.1. The molecule has 0 bridgehead atoms. The summed E-state index contributed by atoms with van der Waals surface area (Å²) in [5.74, 6) is 1.24. The lowest BCUT2D eigenvalue weighted by molar-refractivity contribution is 0.0594. The maximum atomic E-state index is 13.1. The van der Waals surface area contributed by atoms with Crippen LogP contribution in [0.1, 0.15) is 53.3 Å². The molecule has 24 heavy (non-hydrogen) atoms. The molecule has 1 aliphatic rings. The van der Waals surface area contributed by atoms with Crippen molar-refractivity contribution in [3.8, 4) is 0 Å². The van der Waals surface area contributed by atoms with Crippen molar-refractivity contribution in [2.75, 3.05) is 6.54 Å². The normalized spacial score (nSPS) is 18.2. The summed E-state index contributed by atoms with van der Waals surface area (Å²) in [5, 5.41) is 0. The fourth-order valence-corrected chi connectivity index (χ4v) is 3.72. The highest BCUT2D eigenvalue weighted by Crippen LogP contribution is 2.25. The average molecular weight is 328 g/mol. The van der Waals surface area contributed by atoms with Crippen molar-refractivity contribution >= 4 is 5.91 Å². The smallest absolute Gasteiger partial charge is 0.255 e. The van der Waals surface area contributed by atoms with E-state index in [1.54, 1.807) is 0 Å². The zero-order valence-corrected chi connectivity index (χ0v) is 15.2. The molecular formula is C19H28N4O. The van der Waals surface area contributed by atoms with Crippen LogP contribution in [-0.2, 0) is 13.6 Å². The van der Waals surface area contributed by atoms with Crippen LogP contribution in [0.3, 0.4) is 0 Å². The highest BCUT2D eigenvalue weighted by atomic mass is 16.2. The number of carbonyl (C=O) groups excluding carboxylic acids is 1. The lowest BCUT2D eigenvalue weighted by atomic mass is 9.98. The first kappa shape index (κ1) is 16.8. The summed E-state index contributed by atoms with van der Waals surface area (Å²) in [6.07, 6.45) is 8.28. The molecule has 2 aromatic heterocycles. The van der Waals surface area contributed by atoms with Gasteiger partial charge in [-0.2, -0.15) is 0 Å². The number of aromatic nitrogens is 3. The van der Waals surface area contributed by atoms with Gasteiger partial charge in [-0.05, 0) is 52.5 Å². The second-order valence-corrected chi connectivity index (χ2v) is 6.95. The summed E-state index contributed by atoms with van der Waals surface area (Å²) >= 11 is 0. The molecule has 2 aromatic rings. The maximum Gasteiger partial charge on any atom is 0.255 e. The van der Waals surface area contributed by atoms with Gasteiger partial charge in [-0.25, -0.2) is 4.98 Å². The second kappa shape index (κ2) is 6.83. The van der Waals surface area contributed by atoms with Gasteiger partial charge in [0.15, 0.2) is 0 Å². The molecule has 0 aromatic carbocycles. The fraction of sp³-hybridized carbons (Fsp3) is 0.579. The van der Waals surface area contributed by atoms with Crippen LogP contribution in [0, 0.1) is 20.8 Å². The Morgan fingerprint density at radius 2 is 2.08 bits per heavy atom. The van der Waals surface area contributed by atoms with Crippen LogP contribution >= 0.6 is 0 Å². The first-order chi connectivity index (χ1) is 11.5. The molecule has 5 nitrogen and oxygen atoms in total. The van der Waals surface area contributed by atoms with Gasteiger partial charge in [-0.3, -0.25) is 4.79 Å². The Hall–Kier alpha value is -2.04. The summed E-state index contributed by atoms with van der Waals surface area (Å²) in [5.41, 5.74) is 3.06. The van der Waals surface area contributed by atoms with Crippen LogP contribution in [0.25, 0.3) is 0 Å². The number of nitrogens with zero attached hydrogens (tertiary/aromatic N) is 4. The predicted octanol–water partition coefficient (Wildman–Crippen LogP) is 3.23. The number of hydrogen-bond acceptors (Lipinski definition) is 2. The van der Waals surface area contributed by atoms with E-state index < -0.39 is 0 Å². The second-order valence-electron chi connectivity index (χ2n) is 6.95. The van der Waals surface area contributed by atoms with Crippen LogP contribution in [0.5, 0.6) is 0 Å². The Morgan fingerprint density at radius 1 is 1.29 bits per heavy atom. The number of aryl methyl sites for hydroxylation is 3. The van der Waals surface area contributed by atoms with Crippen molar-refractivity contribution in [1.82, 2.24) is 19.0 Å².